The fraction of sp³-hybridized carbons (Fsp3) is 0.467. The number of pyridine rings is 1. The number of nitrogens with zero attached hydrogens (tertiary/aromatic N) is 3. The number of fused-ring (bicyclic) bond motifs is 1. The highest BCUT2D eigenvalue weighted by molar-refractivity contribution is 7.99. The van der Waals surface area contributed by atoms with Crippen molar-refractivity contribution in [2.24, 2.45) is 11.8 Å². The summed E-state index contributed by atoms with van der Waals surface area (Å²) in [4.78, 5) is 21.1. The van der Waals surface area contributed by atoms with Crippen molar-refractivity contribution in [3.05, 3.63) is 65.9 Å². The van der Waals surface area contributed by atoms with Crippen LogP contribution in [0, 0.1) is 23.5 Å². The highest BCUT2D eigenvalue weighted by Gasteiger charge is 2.31. The number of rotatable bonds is 12. The molecule has 0 spiro atoms. The monoisotopic (exact) mass is 557 g/mol. The van der Waals surface area contributed by atoms with Crippen LogP contribution in [0.2, 0.25) is 0 Å². The topological polar surface area (TPSA) is 65.9 Å². The Bertz CT molecular complexity index is 1280. The summed E-state index contributed by atoms with van der Waals surface area (Å²) in [6.45, 7) is 2.27. The second-order valence-electron chi connectivity index (χ2n) is 10.5. The molecule has 0 amide bonds. The van der Waals surface area contributed by atoms with E-state index >= 15 is 0 Å². The second kappa shape index (κ2) is 13.5. The molecule has 210 valence electrons. The SMILES string of the molecule is COc1ccc2nccc([C@H](CC[C@@H]3CCN(CCSc4cc(F)ccc4F)C[C@@H]3CC(=O)O)N(C)C)c2c1. The Hall–Kier alpha value is -2.75. The number of hydrogen-bond donors (Lipinski definition) is 1. The average Bonchev–Trinajstić information content (AvgIpc) is 2.91. The number of thioether (sulfide) groups is 1. The van der Waals surface area contributed by atoms with Crippen LogP contribution in [0.5, 0.6) is 5.75 Å². The Kier molecular flexibility index (Phi) is 10.2. The van der Waals surface area contributed by atoms with E-state index in [1.165, 1.54) is 23.4 Å². The van der Waals surface area contributed by atoms with Gasteiger partial charge >= 0.3 is 5.97 Å². The minimum atomic E-state index is -0.778. The van der Waals surface area contributed by atoms with Gasteiger partial charge in [0.2, 0.25) is 0 Å². The molecule has 1 aliphatic rings. The first kappa shape index (κ1) is 29.2. The molecule has 1 aliphatic heterocycles. The number of hydrogen-bond acceptors (Lipinski definition) is 6. The van der Waals surface area contributed by atoms with Gasteiger partial charge in [0.1, 0.15) is 17.4 Å². The molecule has 1 fully saturated rings. The third-order valence-corrected chi connectivity index (χ3v) is 8.76. The van der Waals surface area contributed by atoms with Crippen molar-refractivity contribution < 1.29 is 23.4 Å². The van der Waals surface area contributed by atoms with Gasteiger partial charge in [-0.15, -0.1) is 11.8 Å². The number of carboxylic acid groups (broad SMARTS) is 1. The van der Waals surface area contributed by atoms with Gasteiger partial charge in [-0.1, -0.05) is 0 Å². The van der Waals surface area contributed by atoms with Crippen LogP contribution in [-0.4, -0.2) is 72.5 Å². The van der Waals surface area contributed by atoms with Crippen molar-refractivity contribution in [3.63, 3.8) is 0 Å². The molecule has 6 nitrogen and oxygen atoms in total. The smallest absolute Gasteiger partial charge is 0.303 e. The minimum Gasteiger partial charge on any atom is -0.497 e. The molecule has 0 radical (unpaired) electrons. The maximum atomic E-state index is 14.0. The van der Waals surface area contributed by atoms with Crippen LogP contribution in [-0.2, 0) is 4.79 Å². The van der Waals surface area contributed by atoms with Gasteiger partial charge in [-0.3, -0.25) is 9.78 Å². The molecule has 0 saturated carbocycles. The van der Waals surface area contributed by atoms with Gasteiger partial charge in [-0.25, -0.2) is 8.78 Å². The standard InChI is InChI=1S/C30H37F2N3O3S/c1-34(2)28(24-10-12-33-27-8-6-23(38-3)18-25(24)27)9-4-20-11-13-35(19-21(20)16-30(36)37)14-15-39-29-17-22(31)5-7-26(29)32/h5-8,10,12,17-18,20-21,28H,4,9,11,13-16,19H2,1-3H3,(H,36,37)/t20-,21+,28+/m1/s1. The van der Waals surface area contributed by atoms with Crippen LogP contribution in [0.15, 0.2) is 53.6 Å². The van der Waals surface area contributed by atoms with Crippen molar-refractivity contribution in [1.29, 1.82) is 0 Å². The Morgan fingerprint density at radius 1 is 1.21 bits per heavy atom. The second-order valence-corrected chi connectivity index (χ2v) is 11.6. The third kappa shape index (κ3) is 7.68. The van der Waals surface area contributed by atoms with Gasteiger partial charge in [0.15, 0.2) is 0 Å². The molecule has 4 rings (SSSR count). The first-order chi connectivity index (χ1) is 18.7. The third-order valence-electron chi connectivity index (χ3n) is 7.75. The van der Waals surface area contributed by atoms with Gasteiger partial charge in [0.25, 0.3) is 0 Å². The molecular formula is C30H37F2N3O3S. The number of likely N-dealkylation sites (tertiary alicyclic amines) is 1. The molecule has 39 heavy (non-hydrogen) atoms. The zero-order chi connectivity index (χ0) is 27.9. The molecule has 0 bridgehead atoms. The highest BCUT2D eigenvalue weighted by atomic mass is 32.2. The zero-order valence-corrected chi connectivity index (χ0v) is 23.6. The van der Waals surface area contributed by atoms with Crippen LogP contribution >= 0.6 is 11.8 Å². The fourth-order valence-electron chi connectivity index (χ4n) is 5.70. The average molecular weight is 558 g/mol. The first-order valence-electron chi connectivity index (χ1n) is 13.4. The van der Waals surface area contributed by atoms with E-state index in [1.54, 1.807) is 7.11 Å². The molecule has 3 aromatic rings. The summed E-state index contributed by atoms with van der Waals surface area (Å²) >= 11 is 1.30. The maximum absolute atomic E-state index is 14.0. The summed E-state index contributed by atoms with van der Waals surface area (Å²) < 4.78 is 32.9. The molecule has 2 heterocycles. The lowest BCUT2D eigenvalue weighted by atomic mass is 9.79. The number of carboxylic acids is 1. The van der Waals surface area contributed by atoms with E-state index in [0.29, 0.717) is 29.7 Å². The summed E-state index contributed by atoms with van der Waals surface area (Å²) in [5.74, 6) is 0.114. The van der Waals surface area contributed by atoms with E-state index < -0.39 is 17.6 Å². The molecule has 0 unspecified atom stereocenters. The lowest BCUT2D eigenvalue weighted by Crippen LogP contribution is -2.42. The predicted octanol–water partition coefficient (Wildman–Crippen LogP) is 6.11. The number of aliphatic carboxylic acids is 1. The van der Waals surface area contributed by atoms with Crippen molar-refractivity contribution >= 4 is 28.6 Å². The molecule has 1 N–H and O–H groups in total. The molecule has 1 aromatic heterocycles. The molecule has 3 atom stereocenters. The summed E-state index contributed by atoms with van der Waals surface area (Å²) in [6.07, 6.45) is 4.72. The van der Waals surface area contributed by atoms with Gasteiger partial charge in [-0.05, 0) is 99.8 Å². The highest BCUT2D eigenvalue weighted by Crippen LogP contribution is 2.36. The largest absolute Gasteiger partial charge is 0.497 e. The fourth-order valence-corrected chi connectivity index (χ4v) is 6.67. The van der Waals surface area contributed by atoms with Crippen molar-refractivity contribution in [2.45, 2.75) is 36.6 Å². The van der Waals surface area contributed by atoms with Crippen LogP contribution in [0.25, 0.3) is 10.9 Å². The van der Waals surface area contributed by atoms with E-state index in [1.807, 2.05) is 24.4 Å². The summed E-state index contributed by atoms with van der Waals surface area (Å²) in [5, 5.41) is 10.7. The lowest BCUT2D eigenvalue weighted by Gasteiger charge is -2.39. The summed E-state index contributed by atoms with van der Waals surface area (Å²) in [7, 11) is 5.81. The number of aromatic nitrogens is 1. The molecule has 1 saturated heterocycles. The van der Waals surface area contributed by atoms with E-state index in [0.717, 1.165) is 54.6 Å². The van der Waals surface area contributed by atoms with Gasteiger partial charge in [0, 0.05) is 47.8 Å². The molecular weight excluding hydrogens is 520 g/mol. The number of benzene rings is 2. The number of halogens is 2. The molecule has 0 aliphatic carbocycles. The Balaban J connectivity index is 1.41. The molecule has 2 aromatic carbocycles. The maximum Gasteiger partial charge on any atom is 0.303 e. The Labute approximate surface area is 233 Å². The minimum absolute atomic E-state index is 0.0456. The van der Waals surface area contributed by atoms with E-state index in [9.17, 15) is 18.7 Å². The number of ether oxygens (including phenoxy) is 1. The normalized spacial score (nSPS) is 18.9. The summed E-state index contributed by atoms with van der Waals surface area (Å²) in [6, 6.07) is 11.7. The number of carbonyl (C=O) groups is 1. The van der Waals surface area contributed by atoms with E-state index in [4.69, 9.17) is 4.74 Å². The van der Waals surface area contributed by atoms with Gasteiger partial charge in [-0.2, -0.15) is 0 Å². The Morgan fingerprint density at radius 3 is 2.77 bits per heavy atom. The first-order valence-corrected chi connectivity index (χ1v) is 14.3. The van der Waals surface area contributed by atoms with Crippen molar-refractivity contribution in [2.75, 3.05) is 46.6 Å². The van der Waals surface area contributed by atoms with Crippen molar-refractivity contribution in [1.82, 2.24) is 14.8 Å². The van der Waals surface area contributed by atoms with Gasteiger partial charge in [0.05, 0.1) is 12.6 Å². The predicted molar refractivity (Wildman–Crippen MR) is 151 cm³/mol. The number of piperidine rings is 1. The van der Waals surface area contributed by atoms with Crippen LogP contribution in [0.1, 0.15) is 37.3 Å². The quantitative estimate of drug-likeness (QED) is 0.270. The summed E-state index contributed by atoms with van der Waals surface area (Å²) in [5.41, 5.74) is 2.12. The zero-order valence-electron chi connectivity index (χ0n) is 22.8. The van der Waals surface area contributed by atoms with Crippen LogP contribution < -0.4 is 4.74 Å². The van der Waals surface area contributed by atoms with E-state index in [2.05, 4.69) is 34.9 Å². The van der Waals surface area contributed by atoms with Gasteiger partial charge < -0.3 is 19.6 Å². The van der Waals surface area contributed by atoms with Crippen LogP contribution in [0.4, 0.5) is 8.78 Å². The molecule has 9 heteroatoms. The van der Waals surface area contributed by atoms with E-state index in [-0.39, 0.29) is 18.4 Å². The lowest BCUT2D eigenvalue weighted by molar-refractivity contribution is -0.139. The Morgan fingerprint density at radius 2 is 2.03 bits per heavy atom. The number of methoxy groups -OCH3 is 1. The van der Waals surface area contributed by atoms with Crippen molar-refractivity contribution in [3.8, 4) is 5.75 Å². The van der Waals surface area contributed by atoms with Crippen LogP contribution in [0.3, 0.4) is 0 Å².